The number of rotatable bonds is 2. The lowest BCUT2D eigenvalue weighted by Crippen LogP contribution is -2.26. The van der Waals surface area contributed by atoms with E-state index in [1.54, 1.807) is 0 Å². The maximum Gasteiger partial charge on any atom is 0.00712 e. The minimum Gasteiger partial charge on any atom is -0.261 e. The molecule has 0 bridgehead atoms. The van der Waals surface area contributed by atoms with Gasteiger partial charge in [0.15, 0.2) is 0 Å². The van der Waals surface area contributed by atoms with Gasteiger partial charge in [0.05, 0.1) is 0 Å². The predicted molar refractivity (Wildman–Crippen MR) is 50.0 cm³/mol. The average Bonchev–Trinajstić information content (AvgIpc) is 1.96. The van der Waals surface area contributed by atoms with E-state index in [1.165, 1.54) is 6.42 Å². The van der Waals surface area contributed by atoms with E-state index in [1.807, 2.05) is 27.8 Å². The fourth-order valence-electron chi connectivity index (χ4n) is 0.177. The SMILES string of the molecule is CC.CCC.CCNNC. The summed E-state index contributed by atoms with van der Waals surface area (Å²) >= 11 is 0. The normalized spacial score (nSPS) is 6.60. The van der Waals surface area contributed by atoms with Gasteiger partial charge in [-0.25, -0.2) is 0 Å². The number of hydrogen-bond donors (Lipinski definition) is 2. The molecule has 0 saturated carbocycles. The molecule has 0 aromatic heterocycles. The highest BCUT2D eigenvalue weighted by Crippen LogP contribution is 1.56. The van der Waals surface area contributed by atoms with Crippen LogP contribution in [0.2, 0.25) is 0 Å². The quantitative estimate of drug-likeness (QED) is 0.586. The summed E-state index contributed by atoms with van der Waals surface area (Å²) in [5, 5.41) is 0. The Balaban J connectivity index is -0.0000000847. The van der Waals surface area contributed by atoms with Gasteiger partial charge in [-0.05, 0) is 7.05 Å². The first-order chi connectivity index (χ1) is 4.83. The average molecular weight is 148 g/mol. The highest BCUT2D eigenvalue weighted by molar-refractivity contribution is 4.17. The zero-order valence-corrected chi connectivity index (χ0v) is 8.41. The molecule has 0 amide bonds. The summed E-state index contributed by atoms with van der Waals surface area (Å²) in [5.74, 6) is 0. The Bertz CT molecular complexity index is 21.2. The van der Waals surface area contributed by atoms with Gasteiger partial charge in [0.2, 0.25) is 0 Å². The van der Waals surface area contributed by atoms with Crippen molar-refractivity contribution >= 4 is 0 Å². The molecule has 0 radical (unpaired) electrons. The third kappa shape index (κ3) is 103. The molecule has 66 valence electrons. The largest absolute Gasteiger partial charge is 0.261 e. The van der Waals surface area contributed by atoms with Crippen molar-refractivity contribution in [1.82, 2.24) is 10.9 Å². The van der Waals surface area contributed by atoms with Crippen LogP contribution in [-0.4, -0.2) is 13.6 Å². The number of hydrogen-bond acceptors (Lipinski definition) is 2. The lowest BCUT2D eigenvalue weighted by molar-refractivity contribution is 0.623. The zero-order valence-electron chi connectivity index (χ0n) is 8.41. The highest BCUT2D eigenvalue weighted by Gasteiger charge is 1.59. The minimum absolute atomic E-state index is 0.983. The van der Waals surface area contributed by atoms with Crippen molar-refractivity contribution in [3.05, 3.63) is 0 Å². The molecule has 10 heavy (non-hydrogen) atoms. The molecule has 2 nitrogen and oxygen atoms in total. The van der Waals surface area contributed by atoms with E-state index < -0.39 is 0 Å². The molecule has 0 aromatic rings. The molecule has 2 N–H and O–H groups in total. The van der Waals surface area contributed by atoms with E-state index >= 15 is 0 Å². The van der Waals surface area contributed by atoms with Gasteiger partial charge in [-0.15, -0.1) is 0 Å². The summed E-state index contributed by atoms with van der Waals surface area (Å²) in [5.41, 5.74) is 5.63. The second-order valence-corrected chi connectivity index (χ2v) is 1.49. The lowest BCUT2D eigenvalue weighted by atomic mass is 10.6. The van der Waals surface area contributed by atoms with Crippen LogP contribution in [0.25, 0.3) is 0 Å². The fraction of sp³-hybridized carbons (Fsp3) is 1.00. The van der Waals surface area contributed by atoms with Gasteiger partial charge in [0.1, 0.15) is 0 Å². The van der Waals surface area contributed by atoms with Crippen LogP contribution in [0.5, 0.6) is 0 Å². The standard InChI is InChI=1S/C3H10N2.C3H8.C2H6/c1-3-5-4-2;1-3-2;1-2/h4-5H,3H2,1-2H3;3H2,1-2H3;1-2H3. The van der Waals surface area contributed by atoms with Gasteiger partial charge in [-0.1, -0.05) is 41.0 Å². The van der Waals surface area contributed by atoms with Crippen molar-refractivity contribution in [2.24, 2.45) is 0 Å². The van der Waals surface area contributed by atoms with Gasteiger partial charge in [0, 0.05) is 6.54 Å². The van der Waals surface area contributed by atoms with Crippen LogP contribution >= 0.6 is 0 Å². The summed E-state index contributed by atoms with van der Waals surface area (Å²) in [6.07, 6.45) is 1.25. The molecule has 0 aliphatic carbocycles. The van der Waals surface area contributed by atoms with Gasteiger partial charge < -0.3 is 0 Å². The summed E-state index contributed by atoms with van der Waals surface area (Å²) in [4.78, 5) is 0. The molecule has 0 rings (SSSR count). The van der Waals surface area contributed by atoms with Crippen LogP contribution in [-0.2, 0) is 0 Å². The molecule has 0 saturated heterocycles. The first-order valence-electron chi connectivity index (χ1n) is 4.22. The highest BCUT2D eigenvalue weighted by atomic mass is 15.3. The van der Waals surface area contributed by atoms with Crippen LogP contribution in [0.1, 0.15) is 41.0 Å². The van der Waals surface area contributed by atoms with E-state index in [0.29, 0.717) is 0 Å². The van der Waals surface area contributed by atoms with E-state index in [2.05, 4.69) is 24.7 Å². The molecule has 0 aromatic carbocycles. The van der Waals surface area contributed by atoms with Crippen LogP contribution in [0, 0.1) is 0 Å². The molecule has 0 atom stereocenters. The van der Waals surface area contributed by atoms with Gasteiger partial charge >= 0.3 is 0 Å². The van der Waals surface area contributed by atoms with Crippen molar-refractivity contribution in [2.45, 2.75) is 41.0 Å². The van der Waals surface area contributed by atoms with Crippen LogP contribution in [0.3, 0.4) is 0 Å². The Morgan fingerprint density at radius 1 is 1.00 bits per heavy atom. The van der Waals surface area contributed by atoms with Gasteiger partial charge in [0.25, 0.3) is 0 Å². The summed E-state index contributed by atoms with van der Waals surface area (Å²) in [6.45, 7) is 11.3. The van der Waals surface area contributed by atoms with E-state index in [-0.39, 0.29) is 0 Å². The second-order valence-electron chi connectivity index (χ2n) is 1.49. The number of nitrogens with one attached hydrogen (secondary N) is 2. The summed E-state index contributed by atoms with van der Waals surface area (Å²) in [7, 11) is 1.85. The van der Waals surface area contributed by atoms with E-state index in [9.17, 15) is 0 Å². The maximum absolute atomic E-state index is 2.86. The third-order valence-electron chi connectivity index (χ3n) is 0.354. The first kappa shape index (κ1) is 16.5. The predicted octanol–water partition coefficient (Wildman–Crippen LogP) is 2.17. The van der Waals surface area contributed by atoms with E-state index in [0.717, 1.165) is 6.54 Å². The topological polar surface area (TPSA) is 24.1 Å². The van der Waals surface area contributed by atoms with Gasteiger partial charge in [-0.2, -0.15) is 0 Å². The number of hydrazine groups is 1. The molecular weight excluding hydrogens is 124 g/mol. The van der Waals surface area contributed by atoms with Crippen LogP contribution in [0.15, 0.2) is 0 Å². The van der Waals surface area contributed by atoms with E-state index in [4.69, 9.17) is 0 Å². The van der Waals surface area contributed by atoms with Crippen LogP contribution in [0.4, 0.5) is 0 Å². The zero-order chi connectivity index (χ0) is 8.83. The lowest BCUT2D eigenvalue weighted by Gasteiger charge is -1.90. The molecular formula is C8H24N2. The molecule has 0 fully saturated rings. The molecule has 0 spiro atoms. The van der Waals surface area contributed by atoms with Crippen molar-refractivity contribution in [3.63, 3.8) is 0 Å². The van der Waals surface area contributed by atoms with Crippen LogP contribution < -0.4 is 10.9 Å². The molecule has 2 heteroatoms. The van der Waals surface area contributed by atoms with Gasteiger partial charge in [-0.3, -0.25) is 10.9 Å². The maximum atomic E-state index is 2.86. The van der Waals surface area contributed by atoms with Crippen molar-refractivity contribution in [1.29, 1.82) is 0 Å². The monoisotopic (exact) mass is 148 g/mol. The van der Waals surface area contributed by atoms with Crippen molar-refractivity contribution < 1.29 is 0 Å². The Hall–Kier alpha value is -0.0800. The molecule has 0 unspecified atom stereocenters. The van der Waals surface area contributed by atoms with Crippen molar-refractivity contribution in [3.8, 4) is 0 Å². The Labute approximate surface area is 66.4 Å². The Morgan fingerprint density at radius 3 is 1.30 bits per heavy atom. The molecule has 0 aliphatic heterocycles. The van der Waals surface area contributed by atoms with Crippen molar-refractivity contribution in [2.75, 3.05) is 13.6 Å². The molecule has 0 aliphatic rings. The Kier molecular flexibility index (Phi) is 60.0. The fourth-order valence-corrected chi connectivity index (χ4v) is 0.177. The first-order valence-corrected chi connectivity index (χ1v) is 4.22. The third-order valence-corrected chi connectivity index (χ3v) is 0.354. The Morgan fingerprint density at radius 2 is 1.30 bits per heavy atom. The smallest absolute Gasteiger partial charge is 0.00712 e. The summed E-state index contributed by atoms with van der Waals surface area (Å²) < 4.78 is 0. The summed E-state index contributed by atoms with van der Waals surface area (Å²) in [6, 6.07) is 0. The minimum atomic E-state index is 0.983. The second kappa shape index (κ2) is 36.4. The molecule has 0 heterocycles.